The van der Waals surface area contributed by atoms with E-state index in [4.69, 9.17) is 0 Å². The molecule has 0 aliphatic carbocycles. The van der Waals surface area contributed by atoms with Gasteiger partial charge in [-0.1, -0.05) is 42.5 Å². The van der Waals surface area contributed by atoms with Gasteiger partial charge in [-0.25, -0.2) is 12.7 Å². The Kier molecular flexibility index (Phi) is 4.53. The van der Waals surface area contributed by atoms with Gasteiger partial charge in [-0.3, -0.25) is 0 Å². The summed E-state index contributed by atoms with van der Waals surface area (Å²) in [4.78, 5) is 2.41. The van der Waals surface area contributed by atoms with Crippen molar-refractivity contribution in [2.24, 2.45) is 11.8 Å². The molecule has 4 nitrogen and oxygen atoms in total. The summed E-state index contributed by atoms with van der Waals surface area (Å²) in [5, 5.41) is -0.331. The molecule has 0 saturated carbocycles. The Labute approximate surface area is 156 Å². The van der Waals surface area contributed by atoms with Gasteiger partial charge in [-0.05, 0) is 48.9 Å². The van der Waals surface area contributed by atoms with Gasteiger partial charge in [-0.2, -0.15) is 0 Å². The predicted octanol–water partition coefficient (Wildman–Crippen LogP) is 3.46. The smallest absolute Gasteiger partial charge is 0.216 e. The van der Waals surface area contributed by atoms with E-state index in [0.717, 1.165) is 13.1 Å². The van der Waals surface area contributed by atoms with Crippen LogP contribution in [0.25, 0.3) is 11.1 Å². The van der Waals surface area contributed by atoms with Gasteiger partial charge in [0, 0.05) is 31.9 Å². The number of hydrogen-bond donors (Lipinski definition) is 0. The second kappa shape index (κ2) is 6.71. The first-order valence-corrected chi connectivity index (χ1v) is 10.8. The van der Waals surface area contributed by atoms with E-state index in [0.29, 0.717) is 24.9 Å². The van der Waals surface area contributed by atoms with Crippen molar-refractivity contribution in [3.63, 3.8) is 0 Å². The first-order valence-electron chi connectivity index (χ1n) is 9.34. The second-order valence-corrected chi connectivity index (χ2v) is 10.2. The highest BCUT2D eigenvalue weighted by atomic mass is 32.2. The molecular weight excluding hydrogens is 344 g/mol. The lowest BCUT2D eigenvalue weighted by molar-refractivity contribution is 0.447. The largest absolute Gasteiger partial charge is 0.371 e. The number of sulfonamides is 1. The number of nitrogens with zero attached hydrogens (tertiary/aromatic N) is 2. The predicted molar refractivity (Wildman–Crippen MR) is 107 cm³/mol. The number of rotatable bonds is 4. The van der Waals surface area contributed by atoms with Crippen molar-refractivity contribution in [3.05, 3.63) is 54.6 Å². The minimum Gasteiger partial charge on any atom is -0.371 e. The molecule has 0 aromatic heterocycles. The summed E-state index contributed by atoms with van der Waals surface area (Å²) in [6, 6.07) is 19.1. The summed E-state index contributed by atoms with van der Waals surface area (Å²) >= 11 is 0. The molecule has 2 heterocycles. The van der Waals surface area contributed by atoms with Gasteiger partial charge in [0.2, 0.25) is 10.0 Å². The highest BCUT2D eigenvalue weighted by Crippen LogP contribution is 2.36. The van der Waals surface area contributed by atoms with Crippen molar-refractivity contribution in [2.45, 2.75) is 19.1 Å². The van der Waals surface area contributed by atoms with Crippen LogP contribution >= 0.6 is 0 Å². The van der Waals surface area contributed by atoms with E-state index in [1.807, 2.05) is 6.07 Å². The van der Waals surface area contributed by atoms with Crippen molar-refractivity contribution in [3.8, 4) is 11.1 Å². The molecule has 138 valence electrons. The SMILES string of the molecule is CC(C)S(=O)(=O)N1C[C@H]2CN(c3ccc(-c4ccccc4)cc3)C[C@H]2C1. The fourth-order valence-electron chi connectivity index (χ4n) is 4.16. The van der Waals surface area contributed by atoms with E-state index in [9.17, 15) is 8.42 Å². The standard InChI is InChI=1S/C21H26N2O2S/c1-16(2)26(24,25)23-14-19-12-22(13-20(19)15-23)21-10-8-18(9-11-21)17-6-4-3-5-7-17/h3-11,16,19-20H,12-15H2,1-2H3/t19-,20+. The molecule has 0 bridgehead atoms. The Morgan fingerprint density at radius 3 is 1.88 bits per heavy atom. The van der Waals surface area contributed by atoms with Crippen LogP contribution in [0.3, 0.4) is 0 Å². The molecule has 0 spiro atoms. The van der Waals surface area contributed by atoms with Gasteiger partial charge in [0.1, 0.15) is 0 Å². The second-order valence-electron chi connectivity index (χ2n) is 7.75. The maximum absolute atomic E-state index is 12.4. The summed E-state index contributed by atoms with van der Waals surface area (Å²) in [6.45, 7) is 6.76. The summed E-state index contributed by atoms with van der Waals surface area (Å²) < 4.78 is 26.5. The maximum Gasteiger partial charge on any atom is 0.216 e. The zero-order valence-corrected chi connectivity index (χ0v) is 16.2. The summed E-state index contributed by atoms with van der Waals surface area (Å²) in [5.74, 6) is 0.884. The highest BCUT2D eigenvalue weighted by molar-refractivity contribution is 7.89. The van der Waals surface area contributed by atoms with E-state index in [1.165, 1.54) is 16.8 Å². The van der Waals surface area contributed by atoms with Crippen LogP contribution in [0.2, 0.25) is 0 Å². The number of hydrogen-bond acceptors (Lipinski definition) is 3. The first kappa shape index (κ1) is 17.6. The lowest BCUT2D eigenvalue weighted by atomic mass is 10.0. The Balaban J connectivity index is 1.43. The summed E-state index contributed by atoms with van der Waals surface area (Å²) in [7, 11) is -3.12. The summed E-state index contributed by atoms with van der Waals surface area (Å²) in [5.41, 5.74) is 3.69. The molecule has 26 heavy (non-hydrogen) atoms. The fourth-order valence-corrected chi connectivity index (χ4v) is 5.56. The van der Waals surface area contributed by atoms with E-state index in [-0.39, 0.29) is 5.25 Å². The van der Waals surface area contributed by atoms with Crippen LogP contribution in [0, 0.1) is 11.8 Å². The lowest BCUT2D eigenvalue weighted by Gasteiger charge is -2.24. The van der Waals surface area contributed by atoms with Crippen LogP contribution in [0.5, 0.6) is 0 Å². The van der Waals surface area contributed by atoms with Crippen molar-refractivity contribution in [1.82, 2.24) is 4.31 Å². The Morgan fingerprint density at radius 1 is 0.808 bits per heavy atom. The van der Waals surface area contributed by atoms with Crippen LogP contribution in [0.4, 0.5) is 5.69 Å². The lowest BCUT2D eigenvalue weighted by Crippen LogP contribution is -2.37. The molecule has 2 fully saturated rings. The van der Waals surface area contributed by atoms with E-state index in [1.54, 1.807) is 18.2 Å². The van der Waals surface area contributed by atoms with Crippen LogP contribution < -0.4 is 4.90 Å². The molecule has 0 unspecified atom stereocenters. The Hall–Kier alpha value is -1.85. The molecule has 2 atom stereocenters. The quantitative estimate of drug-likeness (QED) is 0.828. The molecule has 2 aromatic rings. The molecule has 2 saturated heterocycles. The molecule has 0 amide bonds. The average molecular weight is 371 g/mol. The van der Waals surface area contributed by atoms with Crippen molar-refractivity contribution < 1.29 is 8.42 Å². The topological polar surface area (TPSA) is 40.6 Å². The van der Waals surface area contributed by atoms with E-state index < -0.39 is 10.0 Å². The van der Waals surface area contributed by atoms with E-state index >= 15 is 0 Å². The number of benzene rings is 2. The van der Waals surface area contributed by atoms with Crippen molar-refractivity contribution >= 4 is 15.7 Å². The molecule has 4 rings (SSSR count). The van der Waals surface area contributed by atoms with Crippen molar-refractivity contribution in [1.29, 1.82) is 0 Å². The Morgan fingerprint density at radius 2 is 1.35 bits per heavy atom. The molecule has 0 N–H and O–H groups in total. The van der Waals surface area contributed by atoms with Crippen molar-refractivity contribution in [2.75, 3.05) is 31.1 Å². The third-order valence-corrected chi connectivity index (χ3v) is 7.96. The first-order chi connectivity index (χ1) is 12.4. The van der Waals surface area contributed by atoms with Gasteiger partial charge < -0.3 is 4.90 Å². The third kappa shape index (κ3) is 3.14. The summed E-state index contributed by atoms with van der Waals surface area (Å²) in [6.07, 6.45) is 0. The van der Waals surface area contributed by atoms with Gasteiger partial charge in [0.25, 0.3) is 0 Å². The third-order valence-electron chi connectivity index (χ3n) is 5.75. The highest BCUT2D eigenvalue weighted by Gasteiger charge is 2.44. The maximum atomic E-state index is 12.4. The van der Waals surface area contributed by atoms with Gasteiger partial charge in [-0.15, -0.1) is 0 Å². The van der Waals surface area contributed by atoms with Gasteiger partial charge in [0.05, 0.1) is 5.25 Å². The molecular formula is C21H26N2O2S. The van der Waals surface area contributed by atoms with Crippen LogP contribution in [0.15, 0.2) is 54.6 Å². The molecule has 2 aliphatic heterocycles. The van der Waals surface area contributed by atoms with Crippen LogP contribution in [-0.2, 0) is 10.0 Å². The number of anilines is 1. The normalized spacial score (nSPS) is 23.6. The Bertz CT molecular complexity index is 849. The molecule has 2 aromatic carbocycles. The fraction of sp³-hybridized carbons (Fsp3) is 0.429. The molecule has 5 heteroatoms. The molecule has 2 aliphatic rings. The minimum atomic E-state index is -3.12. The number of fused-ring (bicyclic) bond motifs is 1. The molecule has 0 radical (unpaired) electrons. The average Bonchev–Trinajstić information content (AvgIpc) is 3.22. The minimum absolute atomic E-state index is 0.331. The zero-order chi connectivity index (χ0) is 18.3. The van der Waals surface area contributed by atoms with Gasteiger partial charge in [0.15, 0.2) is 0 Å². The zero-order valence-electron chi connectivity index (χ0n) is 15.4. The van der Waals surface area contributed by atoms with Crippen LogP contribution in [-0.4, -0.2) is 44.2 Å². The van der Waals surface area contributed by atoms with E-state index in [2.05, 4.69) is 53.4 Å². The van der Waals surface area contributed by atoms with Gasteiger partial charge >= 0.3 is 0 Å². The monoisotopic (exact) mass is 370 g/mol. The van der Waals surface area contributed by atoms with Crippen LogP contribution in [0.1, 0.15) is 13.8 Å².